The van der Waals surface area contributed by atoms with Crippen LogP contribution in [-0.2, 0) is 10.0 Å². The normalized spacial score (nSPS) is 12.8. The van der Waals surface area contributed by atoms with E-state index in [4.69, 9.17) is 4.42 Å². The molecule has 3 N–H and O–H groups in total. The first-order valence-electron chi connectivity index (χ1n) is 6.47. The number of carbonyl (C=O) groups is 1. The predicted molar refractivity (Wildman–Crippen MR) is 78.7 cm³/mol. The SMILES string of the molecule is CNS(=O)(=O)c1cccc(C(=O)NCC(O)c2ccco2)c1. The van der Waals surface area contributed by atoms with E-state index in [1.54, 1.807) is 12.1 Å². The van der Waals surface area contributed by atoms with Crippen LogP contribution in [0.15, 0.2) is 52.0 Å². The molecular weight excluding hydrogens is 308 g/mol. The smallest absolute Gasteiger partial charge is 0.251 e. The van der Waals surface area contributed by atoms with E-state index in [0.717, 1.165) is 0 Å². The summed E-state index contributed by atoms with van der Waals surface area (Å²) in [6, 6.07) is 8.84. The Labute approximate surface area is 128 Å². The predicted octanol–water partition coefficient (Wildman–Crippen LogP) is 0.651. The summed E-state index contributed by atoms with van der Waals surface area (Å²) in [7, 11) is -2.32. The summed E-state index contributed by atoms with van der Waals surface area (Å²) >= 11 is 0. The first-order chi connectivity index (χ1) is 10.4. The molecule has 0 aliphatic carbocycles. The van der Waals surface area contributed by atoms with Gasteiger partial charge < -0.3 is 14.8 Å². The van der Waals surface area contributed by atoms with Gasteiger partial charge in [-0.1, -0.05) is 6.07 Å². The lowest BCUT2D eigenvalue weighted by Crippen LogP contribution is -2.28. The van der Waals surface area contributed by atoms with Crippen LogP contribution in [0.3, 0.4) is 0 Å². The summed E-state index contributed by atoms with van der Waals surface area (Å²) in [5.74, 6) is -0.148. The van der Waals surface area contributed by atoms with Gasteiger partial charge >= 0.3 is 0 Å². The molecule has 0 aliphatic heterocycles. The Bertz CT molecular complexity index is 740. The van der Waals surface area contributed by atoms with E-state index >= 15 is 0 Å². The van der Waals surface area contributed by atoms with Gasteiger partial charge in [-0.05, 0) is 37.4 Å². The fourth-order valence-electron chi connectivity index (χ4n) is 1.80. The van der Waals surface area contributed by atoms with Crippen molar-refractivity contribution >= 4 is 15.9 Å². The van der Waals surface area contributed by atoms with Gasteiger partial charge in [0.1, 0.15) is 11.9 Å². The monoisotopic (exact) mass is 324 g/mol. The molecule has 1 aromatic heterocycles. The minimum atomic E-state index is -3.62. The van der Waals surface area contributed by atoms with Crippen LogP contribution in [0.5, 0.6) is 0 Å². The molecule has 0 radical (unpaired) electrons. The highest BCUT2D eigenvalue weighted by atomic mass is 32.2. The molecule has 0 aliphatic rings. The molecule has 118 valence electrons. The van der Waals surface area contributed by atoms with E-state index in [-0.39, 0.29) is 17.0 Å². The van der Waals surface area contributed by atoms with Gasteiger partial charge in [0.2, 0.25) is 10.0 Å². The van der Waals surface area contributed by atoms with Crippen LogP contribution in [0.25, 0.3) is 0 Å². The highest BCUT2D eigenvalue weighted by molar-refractivity contribution is 7.89. The van der Waals surface area contributed by atoms with Crippen molar-refractivity contribution in [3.63, 3.8) is 0 Å². The summed E-state index contributed by atoms with van der Waals surface area (Å²) < 4.78 is 30.6. The number of nitrogens with one attached hydrogen (secondary N) is 2. The van der Waals surface area contributed by atoms with E-state index in [1.807, 2.05) is 0 Å². The molecule has 1 heterocycles. The van der Waals surface area contributed by atoms with Crippen LogP contribution in [0.4, 0.5) is 0 Å². The van der Waals surface area contributed by atoms with Crippen molar-refractivity contribution in [1.82, 2.24) is 10.0 Å². The van der Waals surface area contributed by atoms with Crippen molar-refractivity contribution in [2.75, 3.05) is 13.6 Å². The molecular formula is C14H16N2O5S. The van der Waals surface area contributed by atoms with Gasteiger partial charge in [0.05, 0.1) is 17.7 Å². The van der Waals surface area contributed by atoms with Crippen molar-refractivity contribution in [3.8, 4) is 0 Å². The minimum absolute atomic E-state index is 0.00534. The summed E-state index contributed by atoms with van der Waals surface area (Å²) in [5.41, 5.74) is 0.183. The van der Waals surface area contributed by atoms with E-state index in [1.165, 1.54) is 37.6 Å². The number of rotatable bonds is 6. The average molecular weight is 324 g/mol. The summed E-state index contributed by atoms with van der Waals surface area (Å²) in [5, 5.41) is 12.3. The van der Waals surface area contributed by atoms with Crippen LogP contribution < -0.4 is 10.0 Å². The average Bonchev–Trinajstić information content (AvgIpc) is 3.07. The maximum atomic E-state index is 12.0. The maximum absolute atomic E-state index is 12.0. The first kappa shape index (κ1) is 16.2. The molecule has 7 nitrogen and oxygen atoms in total. The summed E-state index contributed by atoms with van der Waals surface area (Å²) in [6.45, 7) is -0.0463. The number of carbonyl (C=O) groups excluding carboxylic acids is 1. The largest absolute Gasteiger partial charge is 0.467 e. The highest BCUT2D eigenvalue weighted by Gasteiger charge is 2.16. The Morgan fingerprint density at radius 2 is 2.09 bits per heavy atom. The zero-order valence-corrected chi connectivity index (χ0v) is 12.6. The summed E-state index contributed by atoms with van der Waals surface area (Å²) in [6.07, 6.45) is 0.454. The van der Waals surface area contributed by atoms with E-state index < -0.39 is 22.0 Å². The molecule has 1 aromatic carbocycles. The fraction of sp³-hybridized carbons (Fsp3) is 0.214. The lowest BCUT2D eigenvalue weighted by Gasteiger charge is -2.10. The van der Waals surface area contributed by atoms with Gasteiger partial charge in [0.25, 0.3) is 5.91 Å². The molecule has 0 saturated carbocycles. The third-order valence-electron chi connectivity index (χ3n) is 3.00. The van der Waals surface area contributed by atoms with Crippen LogP contribution in [0.1, 0.15) is 22.2 Å². The molecule has 0 fully saturated rings. The van der Waals surface area contributed by atoms with Crippen molar-refractivity contribution in [2.45, 2.75) is 11.0 Å². The van der Waals surface area contributed by atoms with Gasteiger partial charge in [-0.2, -0.15) is 0 Å². The number of benzene rings is 1. The first-order valence-corrected chi connectivity index (χ1v) is 7.95. The second-order valence-corrected chi connectivity index (χ2v) is 6.36. The summed E-state index contributed by atoms with van der Waals surface area (Å²) in [4.78, 5) is 12.0. The Balaban J connectivity index is 2.06. The third-order valence-corrected chi connectivity index (χ3v) is 4.41. The van der Waals surface area contributed by atoms with E-state index in [0.29, 0.717) is 5.76 Å². The van der Waals surface area contributed by atoms with Crippen molar-refractivity contribution in [1.29, 1.82) is 0 Å². The van der Waals surface area contributed by atoms with Crippen molar-refractivity contribution in [2.24, 2.45) is 0 Å². The van der Waals surface area contributed by atoms with Crippen LogP contribution in [-0.4, -0.2) is 33.0 Å². The standard InChI is InChI=1S/C14H16N2O5S/c1-15-22(19,20)11-5-2-4-10(8-11)14(18)16-9-12(17)13-6-3-7-21-13/h2-8,12,15,17H,9H2,1H3,(H,16,18). The van der Waals surface area contributed by atoms with Gasteiger partial charge in [0.15, 0.2) is 0 Å². The number of aliphatic hydroxyl groups excluding tert-OH is 1. The Kier molecular flexibility index (Phi) is 4.96. The number of amides is 1. The van der Waals surface area contributed by atoms with E-state index in [2.05, 4.69) is 10.0 Å². The van der Waals surface area contributed by atoms with Crippen LogP contribution >= 0.6 is 0 Å². The van der Waals surface area contributed by atoms with Gasteiger partial charge in [-0.15, -0.1) is 0 Å². The molecule has 2 rings (SSSR count). The van der Waals surface area contributed by atoms with Gasteiger partial charge in [-0.3, -0.25) is 4.79 Å². The lowest BCUT2D eigenvalue weighted by molar-refractivity contribution is 0.0901. The minimum Gasteiger partial charge on any atom is -0.467 e. The quantitative estimate of drug-likeness (QED) is 0.723. The lowest BCUT2D eigenvalue weighted by atomic mass is 10.2. The topological polar surface area (TPSA) is 109 Å². The number of furan rings is 1. The van der Waals surface area contributed by atoms with Gasteiger partial charge in [0, 0.05) is 5.56 Å². The Morgan fingerprint density at radius 3 is 2.73 bits per heavy atom. The molecule has 1 atom stereocenters. The number of hydrogen-bond acceptors (Lipinski definition) is 5. The number of aliphatic hydroxyl groups is 1. The zero-order valence-electron chi connectivity index (χ0n) is 11.8. The second-order valence-electron chi connectivity index (χ2n) is 4.48. The molecule has 8 heteroatoms. The molecule has 1 amide bonds. The number of hydrogen-bond donors (Lipinski definition) is 3. The maximum Gasteiger partial charge on any atom is 0.251 e. The molecule has 2 aromatic rings. The number of sulfonamides is 1. The van der Waals surface area contributed by atoms with Gasteiger partial charge in [-0.25, -0.2) is 13.1 Å². The Hall–Kier alpha value is -2.16. The Morgan fingerprint density at radius 1 is 1.32 bits per heavy atom. The second kappa shape index (κ2) is 6.73. The van der Waals surface area contributed by atoms with Crippen LogP contribution in [0, 0.1) is 0 Å². The fourth-order valence-corrected chi connectivity index (χ4v) is 2.57. The van der Waals surface area contributed by atoms with Crippen molar-refractivity contribution in [3.05, 3.63) is 54.0 Å². The van der Waals surface area contributed by atoms with Crippen LogP contribution in [0.2, 0.25) is 0 Å². The molecule has 22 heavy (non-hydrogen) atoms. The molecule has 0 spiro atoms. The van der Waals surface area contributed by atoms with Crippen molar-refractivity contribution < 1.29 is 22.7 Å². The van der Waals surface area contributed by atoms with E-state index in [9.17, 15) is 18.3 Å². The molecule has 0 bridgehead atoms. The molecule has 1 unspecified atom stereocenters. The zero-order chi connectivity index (χ0) is 16.2. The third kappa shape index (κ3) is 3.73. The molecule has 0 saturated heterocycles. The highest BCUT2D eigenvalue weighted by Crippen LogP contribution is 2.13.